The number of hydrogen-bond acceptors (Lipinski definition) is 3. The number of nitrogens with zero attached hydrogens (tertiary/aromatic N) is 2. The molecule has 1 heterocycles. The molecule has 0 fully saturated rings. The molecule has 13 heavy (non-hydrogen) atoms. The molecule has 3 heteroatoms. The van der Waals surface area contributed by atoms with E-state index in [-0.39, 0.29) is 0 Å². The summed E-state index contributed by atoms with van der Waals surface area (Å²) in [7, 11) is 0. The summed E-state index contributed by atoms with van der Waals surface area (Å²) in [5, 5.41) is 0. The highest BCUT2D eigenvalue weighted by Crippen LogP contribution is 2.21. The zero-order chi connectivity index (χ0) is 9.47. The van der Waals surface area contributed by atoms with Gasteiger partial charge in [-0.15, -0.1) is 0 Å². The van der Waals surface area contributed by atoms with E-state index >= 15 is 0 Å². The minimum atomic E-state index is -0.419. The van der Waals surface area contributed by atoms with Gasteiger partial charge in [0, 0.05) is 11.9 Å². The highest BCUT2D eigenvalue weighted by Gasteiger charge is 2.21. The minimum Gasteiger partial charge on any atom is -0.319 e. The lowest BCUT2D eigenvalue weighted by Crippen LogP contribution is -2.31. The second-order valence-corrected chi connectivity index (χ2v) is 4.24. The molecule has 0 radical (unpaired) electrons. The van der Waals surface area contributed by atoms with Crippen LogP contribution in [0, 0.1) is 0 Å². The smallest absolute Gasteiger partial charge is 0.147 e. The van der Waals surface area contributed by atoms with E-state index in [1.165, 1.54) is 17.7 Å². The second kappa shape index (κ2) is 2.77. The van der Waals surface area contributed by atoms with Crippen molar-refractivity contribution in [2.24, 2.45) is 5.73 Å². The number of aryl methyl sites for hydroxylation is 2. The Morgan fingerprint density at radius 2 is 2.15 bits per heavy atom. The third kappa shape index (κ3) is 1.56. The largest absolute Gasteiger partial charge is 0.319 e. The molecule has 0 unspecified atom stereocenters. The monoisotopic (exact) mass is 177 g/mol. The molecule has 0 saturated heterocycles. The van der Waals surface area contributed by atoms with E-state index in [4.69, 9.17) is 5.73 Å². The average Bonchev–Trinajstić information content (AvgIpc) is 2.47. The number of nitrogens with two attached hydrogens (primary N) is 1. The van der Waals surface area contributed by atoms with Crippen LogP contribution in [0.25, 0.3) is 0 Å². The van der Waals surface area contributed by atoms with Gasteiger partial charge in [0.05, 0.1) is 5.54 Å². The van der Waals surface area contributed by atoms with Crippen LogP contribution in [-0.2, 0) is 18.4 Å². The first-order valence-corrected chi connectivity index (χ1v) is 4.71. The van der Waals surface area contributed by atoms with Crippen molar-refractivity contribution in [3.8, 4) is 0 Å². The van der Waals surface area contributed by atoms with Crippen LogP contribution in [-0.4, -0.2) is 9.97 Å². The first kappa shape index (κ1) is 8.63. The predicted molar refractivity (Wildman–Crippen MR) is 51.3 cm³/mol. The van der Waals surface area contributed by atoms with E-state index in [1.54, 1.807) is 0 Å². The Balaban J connectivity index is 2.42. The zero-order valence-corrected chi connectivity index (χ0v) is 8.17. The normalized spacial score (nSPS) is 15.9. The van der Waals surface area contributed by atoms with Crippen molar-refractivity contribution >= 4 is 0 Å². The Kier molecular flexibility index (Phi) is 1.84. The highest BCUT2D eigenvalue weighted by atomic mass is 15.0. The maximum atomic E-state index is 5.93. The summed E-state index contributed by atoms with van der Waals surface area (Å²) in [6.07, 6.45) is 5.35. The van der Waals surface area contributed by atoms with Crippen LogP contribution in [0.3, 0.4) is 0 Å². The second-order valence-electron chi connectivity index (χ2n) is 4.24. The topological polar surface area (TPSA) is 51.8 Å². The van der Waals surface area contributed by atoms with Gasteiger partial charge in [0.15, 0.2) is 0 Å². The van der Waals surface area contributed by atoms with Gasteiger partial charge in [0.1, 0.15) is 5.82 Å². The predicted octanol–water partition coefficient (Wildman–Crippen LogP) is 1.16. The van der Waals surface area contributed by atoms with Crippen LogP contribution >= 0.6 is 0 Å². The maximum Gasteiger partial charge on any atom is 0.147 e. The summed E-state index contributed by atoms with van der Waals surface area (Å²) < 4.78 is 0. The Morgan fingerprint density at radius 1 is 1.38 bits per heavy atom. The van der Waals surface area contributed by atoms with Crippen LogP contribution in [0.2, 0.25) is 0 Å². The van der Waals surface area contributed by atoms with Gasteiger partial charge in [-0.25, -0.2) is 9.97 Å². The molecule has 0 spiro atoms. The summed E-state index contributed by atoms with van der Waals surface area (Å²) in [5.74, 6) is 0.758. The van der Waals surface area contributed by atoms with Crippen molar-refractivity contribution in [2.45, 2.75) is 38.6 Å². The van der Waals surface area contributed by atoms with Gasteiger partial charge in [0.25, 0.3) is 0 Å². The molecule has 2 rings (SSSR count). The zero-order valence-electron chi connectivity index (χ0n) is 8.17. The third-order valence-corrected chi connectivity index (χ3v) is 2.39. The van der Waals surface area contributed by atoms with Gasteiger partial charge in [-0.1, -0.05) is 0 Å². The van der Waals surface area contributed by atoms with Crippen molar-refractivity contribution in [3.05, 3.63) is 23.3 Å². The van der Waals surface area contributed by atoms with Crippen molar-refractivity contribution in [2.75, 3.05) is 0 Å². The Hall–Kier alpha value is -0.960. The fourth-order valence-corrected chi connectivity index (χ4v) is 1.62. The molecule has 0 bridgehead atoms. The van der Waals surface area contributed by atoms with Crippen LogP contribution < -0.4 is 5.73 Å². The van der Waals surface area contributed by atoms with Crippen LogP contribution in [0.4, 0.5) is 0 Å². The molecule has 70 valence electrons. The molecule has 3 nitrogen and oxygen atoms in total. The standard InChI is InChI=1S/C10H15N3/c1-10(2,11)9-12-6-7-4-3-5-8(7)13-9/h6H,3-5,11H2,1-2H3. The van der Waals surface area contributed by atoms with E-state index in [2.05, 4.69) is 9.97 Å². The summed E-state index contributed by atoms with van der Waals surface area (Å²) >= 11 is 0. The lowest BCUT2D eigenvalue weighted by molar-refractivity contribution is 0.511. The summed E-state index contributed by atoms with van der Waals surface area (Å²) in [4.78, 5) is 8.77. The van der Waals surface area contributed by atoms with Gasteiger partial charge >= 0.3 is 0 Å². The van der Waals surface area contributed by atoms with Crippen LogP contribution in [0.1, 0.15) is 37.4 Å². The van der Waals surface area contributed by atoms with E-state index < -0.39 is 5.54 Å². The summed E-state index contributed by atoms with van der Waals surface area (Å²) in [6.45, 7) is 3.87. The van der Waals surface area contributed by atoms with Gasteiger partial charge in [0.2, 0.25) is 0 Å². The fraction of sp³-hybridized carbons (Fsp3) is 0.600. The van der Waals surface area contributed by atoms with Crippen LogP contribution in [0.15, 0.2) is 6.20 Å². The van der Waals surface area contributed by atoms with Crippen molar-refractivity contribution in [3.63, 3.8) is 0 Å². The van der Waals surface area contributed by atoms with E-state index in [1.807, 2.05) is 20.0 Å². The molecule has 0 saturated carbocycles. The molecule has 2 N–H and O–H groups in total. The molecule has 1 aromatic rings. The quantitative estimate of drug-likeness (QED) is 0.700. The Morgan fingerprint density at radius 3 is 2.85 bits per heavy atom. The molecular weight excluding hydrogens is 162 g/mol. The van der Waals surface area contributed by atoms with Gasteiger partial charge in [-0.2, -0.15) is 0 Å². The molecule has 0 amide bonds. The third-order valence-electron chi connectivity index (χ3n) is 2.39. The fourth-order valence-electron chi connectivity index (χ4n) is 1.62. The molecule has 1 aromatic heterocycles. The Labute approximate surface area is 78.4 Å². The number of aromatic nitrogens is 2. The maximum absolute atomic E-state index is 5.93. The van der Waals surface area contributed by atoms with E-state index in [9.17, 15) is 0 Å². The molecular formula is C10H15N3. The van der Waals surface area contributed by atoms with E-state index in [0.717, 1.165) is 18.7 Å². The highest BCUT2D eigenvalue weighted by molar-refractivity contribution is 5.23. The first-order chi connectivity index (χ1) is 6.07. The molecule has 1 aliphatic rings. The Bertz CT molecular complexity index is 325. The first-order valence-electron chi connectivity index (χ1n) is 4.71. The number of fused-ring (bicyclic) bond motifs is 1. The van der Waals surface area contributed by atoms with Crippen molar-refractivity contribution < 1.29 is 0 Å². The van der Waals surface area contributed by atoms with Gasteiger partial charge in [-0.3, -0.25) is 0 Å². The van der Waals surface area contributed by atoms with Crippen molar-refractivity contribution in [1.29, 1.82) is 0 Å². The average molecular weight is 177 g/mol. The number of rotatable bonds is 1. The van der Waals surface area contributed by atoms with Crippen molar-refractivity contribution in [1.82, 2.24) is 9.97 Å². The molecule has 0 aromatic carbocycles. The minimum absolute atomic E-state index is 0.419. The van der Waals surface area contributed by atoms with Crippen LogP contribution in [0.5, 0.6) is 0 Å². The summed E-state index contributed by atoms with van der Waals surface area (Å²) in [6, 6.07) is 0. The SMILES string of the molecule is CC(C)(N)c1ncc2c(n1)CCC2. The molecule has 0 atom stereocenters. The lowest BCUT2D eigenvalue weighted by atomic mass is 10.1. The number of hydrogen-bond donors (Lipinski definition) is 1. The van der Waals surface area contributed by atoms with E-state index in [0.29, 0.717) is 0 Å². The van der Waals surface area contributed by atoms with Gasteiger partial charge < -0.3 is 5.73 Å². The lowest BCUT2D eigenvalue weighted by Gasteiger charge is -2.16. The summed E-state index contributed by atoms with van der Waals surface area (Å²) in [5.41, 5.74) is 8.00. The van der Waals surface area contributed by atoms with Gasteiger partial charge in [-0.05, 0) is 38.7 Å². The molecule has 0 aliphatic heterocycles. The molecule has 1 aliphatic carbocycles.